The van der Waals surface area contributed by atoms with Crippen molar-refractivity contribution in [2.45, 2.75) is 255 Å². The average Bonchev–Trinajstić information content (AvgIpc) is 3.31. The number of aliphatic hydroxyl groups is 7. The fourth-order valence-electron chi connectivity index (χ4n) is 7.88. The minimum Gasteiger partial charge on any atom is -0.462 e. The molecular formula is C51H90O15. The van der Waals surface area contributed by atoms with Gasteiger partial charge in [-0.3, -0.25) is 9.59 Å². The van der Waals surface area contributed by atoms with Crippen molar-refractivity contribution in [1.29, 1.82) is 0 Å². The molecule has 2 aliphatic heterocycles. The molecule has 0 saturated carbocycles. The van der Waals surface area contributed by atoms with E-state index in [0.29, 0.717) is 12.8 Å². The molecule has 2 fully saturated rings. The molecule has 11 atom stereocenters. The molecule has 0 aromatic heterocycles. The van der Waals surface area contributed by atoms with Gasteiger partial charge >= 0.3 is 11.9 Å². The molecule has 2 saturated heterocycles. The van der Waals surface area contributed by atoms with E-state index in [2.05, 4.69) is 43.9 Å². The third-order valence-electron chi connectivity index (χ3n) is 12.2. The van der Waals surface area contributed by atoms with Gasteiger partial charge in [0.1, 0.15) is 55.4 Å². The summed E-state index contributed by atoms with van der Waals surface area (Å²) in [6, 6.07) is 0. The highest BCUT2D eigenvalue weighted by atomic mass is 16.7. The summed E-state index contributed by atoms with van der Waals surface area (Å²) in [7, 11) is 0. The van der Waals surface area contributed by atoms with Gasteiger partial charge in [-0.1, -0.05) is 129 Å². The van der Waals surface area contributed by atoms with Crippen LogP contribution in [0.15, 0.2) is 30.0 Å². The molecule has 0 aliphatic carbocycles. The number of hydrogen-bond donors (Lipinski definition) is 7. The Balaban J connectivity index is 1.82. The molecule has 4 unspecified atom stereocenters. The topological polar surface area (TPSA) is 231 Å². The highest BCUT2D eigenvalue weighted by molar-refractivity contribution is 5.70. The Morgan fingerprint density at radius 3 is 1.53 bits per heavy atom. The lowest BCUT2D eigenvalue weighted by Gasteiger charge is -2.42. The number of rotatable bonds is 39. The summed E-state index contributed by atoms with van der Waals surface area (Å²) in [5, 5.41) is 72.0. The number of esters is 2. The summed E-state index contributed by atoms with van der Waals surface area (Å²) in [4.78, 5) is 25.7. The van der Waals surface area contributed by atoms with Crippen LogP contribution < -0.4 is 0 Å². The van der Waals surface area contributed by atoms with Crippen LogP contribution in [0.25, 0.3) is 0 Å². The van der Waals surface area contributed by atoms with E-state index in [1.54, 1.807) is 0 Å². The predicted molar refractivity (Wildman–Crippen MR) is 251 cm³/mol. The number of allylic oxidation sites excluding steroid dienone is 3. The van der Waals surface area contributed by atoms with Crippen molar-refractivity contribution in [2.75, 3.05) is 26.4 Å². The summed E-state index contributed by atoms with van der Waals surface area (Å²) < 4.78 is 33.5. The second-order valence-electron chi connectivity index (χ2n) is 18.1. The standard InChI is InChI=1S/C51H90O15/c1-3-5-7-9-11-13-15-17-19-21-23-25-27-29-31-33-42(53)61-36-39(64-43(54)34-32-30-28-26-24-22-20-18-16-14-12-10-8-6-4-2)37-62-50-49(60)47(58)45(56)41(66-50)38-63-51-48(59)46(57)44(55)40(35-52)65-51/h10,12,15,19,39-41,44-52,55-60H,3-9,11,13-14,16,18,20-38H2,1-2H3/b12-10+/t17?,39-,40-,41-,44+,45+,46?,47?,48?,49?,50-,51-/m1/s1. The second kappa shape index (κ2) is 38.6. The van der Waals surface area contributed by atoms with Gasteiger partial charge in [0.2, 0.25) is 0 Å². The lowest BCUT2D eigenvalue weighted by molar-refractivity contribution is -0.332. The minimum atomic E-state index is -1.77. The molecule has 0 radical (unpaired) electrons. The van der Waals surface area contributed by atoms with Crippen molar-refractivity contribution in [3.63, 3.8) is 0 Å². The molecule has 0 spiro atoms. The molecule has 2 heterocycles. The summed E-state index contributed by atoms with van der Waals surface area (Å²) in [6.45, 7) is 2.52. The average molecular weight is 943 g/mol. The van der Waals surface area contributed by atoms with Crippen molar-refractivity contribution in [3.05, 3.63) is 30.0 Å². The maximum absolute atomic E-state index is 13.0. The van der Waals surface area contributed by atoms with E-state index in [1.165, 1.54) is 77.0 Å². The molecule has 384 valence electrons. The van der Waals surface area contributed by atoms with Crippen molar-refractivity contribution < 1.29 is 73.8 Å². The molecule has 0 bridgehead atoms. The number of unbranched alkanes of at least 4 members (excludes halogenated alkanes) is 21. The Morgan fingerprint density at radius 2 is 0.970 bits per heavy atom. The van der Waals surface area contributed by atoms with Crippen LogP contribution in [0.5, 0.6) is 0 Å². The van der Waals surface area contributed by atoms with Crippen LogP contribution in [0.2, 0.25) is 0 Å². The molecule has 15 nitrogen and oxygen atoms in total. The maximum atomic E-state index is 13.0. The molecular weight excluding hydrogens is 853 g/mol. The van der Waals surface area contributed by atoms with Crippen molar-refractivity contribution in [3.8, 4) is 0 Å². The van der Waals surface area contributed by atoms with Crippen LogP contribution in [-0.2, 0) is 38.0 Å². The fraction of sp³-hybridized carbons (Fsp3) is 0.863. The summed E-state index contributed by atoms with van der Waals surface area (Å²) in [5.74, 6) is -0.946. The Hall–Kier alpha value is -2.24. The molecule has 7 N–H and O–H groups in total. The highest BCUT2D eigenvalue weighted by Crippen LogP contribution is 2.26. The molecule has 15 heteroatoms. The van der Waals surface area contributed by atoms with E-state index < -0.39 is 92.7 Å². The van der Waals surface area contributed by atoms with E-state index in [0.717, 1.165) is 70.6 Å². The monoisotopic (exact) mass is 943 g/mol. The van der Waals surface area contributed by atoms with Gasteiger partial charge in [-0.05, 0) is 69.9 Å². The smallest absolute Gasteiger partial charge is 0.306 e. The second-order valence-corrected chi connectivity index (χ2v) is 18.1. The number of aliphatic hydroxyl groups excluding tert-OH is 7. The Kier molecular flexibility index (Phi) is 35.0. The summed E-state index contributed by atoms with van der Waals surface area (Å²) >= 11 is 0. The normalized spacial score (nSPS) is 26.0. The van der Waals surface area contributed by atoms with Crippen LogP contribution in [0, 0.1) is 0 Å². The Labute approximate surface area is 395 Å². The van der Waals surface area contributed by atoms with Crippen LogP contribution in [-0.4, -0.2) is 142 Å². The SMILES string of the molecule is CCCC/C=C/CCCCCCCCCCCC(=O)O[C@H](COC(=O)CCCCCCCC=C=CCCCCCCC)CO[C@@H]1O[C@H](CO[C@@H]2O[C@H](CO)[C@H](O)C(O)C2O)[C@H](O)C(O)C1O. The van der Waals surface area contributed by atoms with Crippen molar-refractivity contribution in [1.82, 2.24) is 0 Å². The number of ether oxygens (including phenoxy) is 6. The number of carbonyl (C=O) groups is 2. The van der Waals surface area contributed by atoms with Gasteiger partial charge in [0, 0.05) is 12.8 Å². The maximum Gasteiger partial charge on any atom is 0.306 e. The molecule has 2 rings (SSSR count). The van der Waals surface area contributed by atoms with E-state index in [-0.39, 0.29) is 26.1 Å². The van der Waals surface area contributed by atoms with E-state index in [4.69, 9.17) is 28.4 Å². The van der Waals surface area contributed by atoms with E-state index >= 15 is 0 Å². The fourth-order valence-corrected chi connectivity index (χ4v) is 7.88. The van der Waals surface area contributed by atoms with Gasteiger partial charge in [0.25, 0.3) is 0 Å². The van der Waals surface area contributed by atoms with Crippen LogP contribution in [0.1, 0.15) is 187 Å². The number of carbonyl (C=O) groups excluding carboxylic acids is 2. The Morgan fingerprint density at radius 1 is 0.515 bits per heavy atom. The molecule has 66 heavy (non-hydrogen) atoms. The quantitative estimate of drug-likeness (QED) is 0.0144. The first-order chi connectivity index (χ1) is 32.0. The molecule has 2 aliphatic rings. The lowest BCUT2D eigenvalue weighted by Crippen LogP contribution is -2.61. The zero-order valence-electron chi connectivity index (χ0n) is 40.5. The zero-order valence-corrected chi connectivity index (χ0v) is 40.5. The van der Waals surface area contributed by atoms with Gasteiger partial charge in [-0.25, -0.2) is 0 Å². The van der Waals surface area contributed by atoms with Gasteiger partial charge < -0.3 is 64.2 Å². The van der Waals surface area contributed by atoms with Gasteiger partial charge in [0.15, 0.2) is 18.7 Å². The lowest BCUT2D eigenvalue weighted by atomic mass is 9.98. The minimum absolute atomic E-state index is 0.159. The largest absolute Gasteiger partial charge is 0.462 e. The highest BCUT2D eigenvalue weighted by Gasteiger charge is 2.47. The zero-order chi connectivity index (χ0) is 48.2. The summed E-state index contributed by atoms with van der Waals surface area (Å²) in [6.07, 6.45) is 19.8. The summed E-state index contributed by atoms with van der Waals surface area (Å²) in [5.41, 5.74) is 3.29. The van der Waals surface area contributed by atoms with E-state index in [1.807, 2.05) is 0 Å². The van der Waals surface area contributed by atoms with Gasteiger partial charge in [-0.2, -0.15) is 0 Å². The van der Waals surface area contributed by atoms with Gasteiger partial charge in [-0.15, -0.1) is 5.73 Å². The van der Waals surface area contributed by atoms with Crippen LogP contribution in [0.4, 0.5) is 0 Å². The molecule has 0 amide bonds. The predicted octanol–water partition coefficient (Wildman–Crippen LogP) is 6.92. The third kappa shape index (κ3) is 26.5. The van der Waals surface area contributed by atoms with E-state index in [9.17, 15) is 45.3 Å². The van der Waals surface area contributed by atoms with Crippen LogP contribution in [0.3, 0.4) is 0 Å². The molecule has 0 aromatic rings. The van der Waals surface area contributed by atoms with Crippen molar-refractivity contribution >= 4 is 11.9 Å². The first-order valence-electron chi connectivity index (χ1n) is 25.7. The molecule has 0 aromatic carbocycles. The van der Waals surface area contributed by atoms with Gasteiger partial charge in [0.05, 0.1) is 19.8 Å². The van der Waals surface area contributed by atoms with Crippen molar-refractivity contribution in [2.24, 2.45) is 0 Å². The Bertz CT molecular complexity index is 1310. The third-order valence-corrected chi connectivity index (χ3v) is 12.2. The number of hydrogen-bond acceptors (Lipinski definition) is 15. The first-order valence-corrected chi connectivity index (χ1v) is 25.7. The first kappa shape index (κ1) is 59.9. The van der Waals surface area contributed by atoms with Crippen LogP contribution >= 0.6 is 0 Å².